The topological polar surface area (TPSA) is 66.2 Å². The molecule has 0 atom stereocenters. The monoisotopic (exact) mass is 1260 g/mol. The number of unbranched alkanes of at least 4 members (excludes halogenated alkanes) is 14. The highest BCUT2D eigenvalue weighted by molar-refractivity contribution is 7.31. The van der Waals surface area contributed by atoms with Gasteiger partial charge in [0.05, 0.1) is 35.0 Å². The molecule has 0 unspecified atom stereocenters. The van der Waals surface area contributed by atoms with Crippen LogP contribution in [-0.2, 0) is 13.1 Å². The van der Waals surface area contributed by atoms with Gasteiger partial charge in [0, 0.05) is 117 Å². The van der Waals surface area contributed by atoms with E-state index in [4.69, 9.17) is 13.1 Å². The van der Waals surface area contributed by atoms with E-state index in [1.807, 2.05) is 52.2 Å². The summed E-state index contributed by atoms with van der Waals surface area (Å²) in [6.45, 7) is 21.5. The van der Waals surface area contributed by atoms with Gasteiger partial charge in [-0.2, -0.15) is 0 Å². The lowest BCUT2D eigenvalue weighted by Crippen LogP contribution is -1.97. The highest BCUT2D eigenvalue weighted by Gasteiger charge is 2.25. The summed E-state index contributed by atoms with van der Waals surface area (Å²) in [6, 6.07) is 58.4. The second kappa shape index (κ2) is 28.5. The van der Waals surface area contributed by atoms with Gasteiger partial charge < -0.3 is 9.13 Å². The third-order valence-electron chi connectivity index (χ3n) is 16.8. The van der Waals surface area contributed by atoms with Crippen molar-refractivity contribution in [1.29, 1.82) is 10.5 Å². The van der Waals surface area contributed by atoms with Crippen molar-refractivity contribution in [1.82, 2.24) is 9.13 Å². The highest BCUT2D eigenvalue weighted by Crippen LogP contribution is 2.54. The van der Waals surface area contributed by atoms with Gasteiger partial charge in [0.25, 0.3) is 11.4 Å². The molecule has 0 saturated carbocycles. The van der Waals surface area contributed by atoms with Gasteiger partial charge >= 0.3 is 0 Å². The van der Waals surface area contributed by atoms with Crippen LogP contribution in [0.15, 0.2) is 157 Å². The molecule has 0 aliphatic heterocycles. The van der Waals surface area contributed by atoms with Crippen LogP contribution in [0.4, 0.5) is 0 Å². The molecular formula is C76H68N6S6. The number of hydrogen-bond donors (Lipinski definition) is 0. The minimum atomic E-state index is 0.0786. The van der Waals surface area contributed by atoms with Crippen molar-refractivity contribution in [3.8, 4) is 83.2 Å². The number of nitrogens with zero attached hydrogens (tertiary/aromatic N) is 6. The van der Waals surface area contributed by atoms with E-state index < -0.39 is 0 Å². The van der Waals surface area contributed by atoms with Crippen LogP contribution >= 0.6 is 68.0 Å². The van der Waals surface area contributed by atoms with Gasteiger partial charge in [-0.25, -0.2) is 20.2 Å². The van der Waals surface area contributed by atoms with Gasteiger partial charge in [-0.05, 0) is 133 Å². The summed E-state index contributed by atoms with van der Waals surface area (Å²) in [5, 5.41) is 24.3. The number of benzene rings is 4. The van der Waals surface area contributed by atoms with Gasteiger partial charge in [0.1, 0.15) is 0 Å². The molecule has 12 heteroatoms. The first-order chi connectivity index (χ1) is 43.4. The predicted octanol–water partition coefficient (Wildman–Crippen LogP) is 25.8. The first-order valence-corrected chi connectivity index (χ1v) is 36.0. The third-order valence-corrected chi connectivity index (χ3v) is 24.2. The molecular weight excluding hydrogens is 1190 g/mol. The van der Waals surface area contributed by atoms with Crippen molar-refractivity contribution in [3.63, 3.8) is 0 Å². The van der Waals surface area contributed by atoms with Crippen molar-refractivity contribution >= 4 is 124 Å². The highest BCUT2D eigenvalue weighted by atomic mass is 32.1. The Balaban J connectivity index is 0.972. The fraction of sp³-hybridized carbons (Fsp3) is 0.263. The molecule has 12 aromatic rings. The average Bonchev–Trinajstić information content (AvgIpc) is 2.05. The normalized spacial score (nSPS) is 12.0. The molecule has 88 heavy (non-hydrogen) atoms. The van der Waals surface area contributed by atoms with E-state index in [1.165, 1.54) is 185 Å². The average molecular weight is 1260 g/mol. The number of fused-ring (bicyclic) bond motifs is 6. The maximum atomic E-state index is 9.74. The number of rotatable bonds is 27. The Kier molecular flexibility index (Phi) is 19.6. The summed E-state index contributed by atoms with van der Waals surface area (Å²) >= 11 is 10.5. The van der Waals surface area contributed by atoms with E-state index >= 15 is 0 Å². The first kappa shape index (κ1) is 60.4. The fourth-order valence-electron chi connectivity index (χ4n) is 12.3. The molecule has 0 saturated heterocycles. The van der Waals surface area contributed by atoms with Gasteiger partial charge in [0.15, 0.2) is 0 Å². The molecule has 0 spiro atoms. The molecule has 0 bridgehead atoms. The molecule has 0 aliphatic rings. The Morgan fingerprint density at radius 2 is 0.739 bits per heavy atom. The van der Waals surface area contributed by atoms with Crippen molar-refractivity contribution in [3.05, 3.63) is 190 Å². The van der Waals surface area contributed by atoms with Crippen LogP contribution in [-0.4, -0.2) is 9.13 Å². The zero-order valence-electron chi connectivity index (χ0n) is 49.9. The van der Waals surface area contributed by atoms with Crippen LogP contribution in [0.1, 0.15) is 126 Å². The lowest BCUT2D eigenvalue weighted by molar-refractivity contribution is 0.553. The van der Waals surface area contributed by atoms with E-state index in [-0.39, 0.29) is 11.4 Å². The zero-order chi connectivity index (χ0) is 60.3. The number of hydrogen-bond acceptors (Lipinski definition) is 8. The van der Waals surface area contributed by atoms with Crippen molar-refractivity contribution < 1.29 is 0 Å². The lowest BCUT2D eigenvalue weighted by atomic mass is 9.98. The van der Waals surface area contributed by atoms with Crippen molar-refractivity contribution in [2.75, 3.05) is 0 Å². The first-order valence-electron chi connectivity index (χ1n) is 31.1. The predicted molar refractivity (Wildman–Crippen MR) is 383 cm³/mol. The second-order valence-corrected chi connectivity index (χ2v) is 29.2. The molecule has 0 aliphatic carbocycles. The maximum absolute atomic E-state index is 9.74. The Hall–Kier alpha value is -7.88. The van der Waals surface area contributed by atoms with Crippen LogP contribution in [0.25, 0.3) is 136 Å². The maximum Gasteiger partial charge on any atom is 0.263 e. The molecule has 12 rings (SSSR count). The number of aryl methyl sites for hydroxylation is 2. The van der Waals surface area contributed by atoms with Gasteiger partial charge in [-0.1, -0.05) is 152 Å². The van der Waals surface area contributed by atoms with E-state index in [1.54, 1.807) is 46.2 Å². The number of aromatic nitrogens is 2. The minimum Gasteiger partial charge on any atom is -0.340 e. The Morgan fingerprint density at radius 1 is 0.386 bits per heavy atom. The molecule has 0 N–H and O–H groups in total. The molecule has 0 amide bonds. The largest absolute Gasteiger partial charge is 0.340 e. The Morgan fingerprint density at radius 3 is 1.15 bits per heavy atom. The molecule has 6 nitrogen and oxygen atoms in total. The lowest BCUT2D eigenvalue weighted by Gasteiger charge is -2.10. The Labute approximate surface area is 541 Å². The number of thiophene rings is 6. The second-order valence-electron chi connectivity index (χ2n) is 22.7. The molecule has 0 fully saturated rings. The quantitative estimate of drug-likeness (QED) is 0.0292. The minimum absolute atomic E-state index is 0.0786. The number of nitriles is 2. The van der Waals surface area contributed by atoms with Crippen LogP contribution < -0.4 is 0 Å². The summed E-state index contributed by atoms with van der Waals surface area (Å²) in [5.41, 5.74) is 10.1. The van der Waals surface area contributed by atoms with E-state index in [2.05, 4.69) is 172 Å². The van der Waals surface area contributed by atoms with Crippen LogP contribution in [0.5, 0.6) is 0 Å². The number of allylic oxidation sites excluding steroid dienone is 2. The van der Waals surface area contributed by atoms with Crippen LogP contribution in [0.3, 0.4) is 0 Å². The van der Waals surface area contributed by atoms with Crippen molar-refractivity contribution in [2.24, 2.45) is 0 Å². The van der Waals surface area contributed by atoms with Gasteiger partial charge in [-0.15, -0.1) is 68.0 Å². The van der Waals surface area contributed by atoms with Gasteiger partial charge in [0.2, 0.25) is 0 Å². The summed E-state index contributed by atoms with van der Waals surface area (Å²) in [7, 11) is 0. The molecule has 8 heterocycles. The van der Waals surface area contributed by atoms with Crippen LogP contribution in [0, 0.1) is 35.8 Å². The van der Waals surface area contributed by atoms with E-state index in [0.29, 0.717) is 0 Å². The smallest absolute Gasteiger partial charge is 0.263 e. The molecule has 4 aromatic carbocycles. The fourth-order valence-corrected chi connectivity index (χ4v) is 19.1. The van der Waals surface area contributed by atoms with Gasteiger partial charge in [-0.3, -0.25) is 0 Å². The SMILES string of the molecule is [C-]#[N+]/C(C#N)=C\c1ccc(-c2ccc(-c3ccc(-c4cc(-c5ccc6c(c5)c5ccccc5n6CCCCCCCCCC)c(-c5sc(-c6ccc(/C=C(\C#N)[N+]#[C-])s6)cc5-c5ccc6c(c5)c5ccccc5n6CCCCCCCCCC)s4)s3)s2)s1. The third kappa shape index (κ3) is 13.1. The summed E-state index contributed by atoms with van der Waals surface area (Å²) in [5.74, 6) is 0. The van der Waals surface area contributed by atoms with Crippen LogP contribution in [0.2, 0.25) is 0 Å². The summed E-state index contributed by atoms with van der Waals surface area (Å²) in [4.78, 5) is 20.4. The molecule has 438 valence electrons. The molecule has 0 radical (unpaired) electrons. The van der Waals surface area contributed by atoms with Crippen molar-refractivity contribution in [2.45, 2.75) is 130 Å². The summed E-state index contributed by atoms with van der Waals surface area (Å²) in [6.07, 6.45) is 24.0. The standard InChI is InChI=1S/C76H68N6S6/c1-5-7-9-11-13-15-17-23-41-81-63-27-21-19-25-57(63)61-43-51(29-33-65(61)81)59-47-73(71-36-32-56(84-71)46-54(50-78)80-4)87-75(59)76-60(52-30-34-66-62(44-52)58-26-20-22-28-64(58)82(66)42-24-18-16-14-12-10-8-6-2)48-74(88-76)72-40-39-70(86-72)69-38-37-68(85-69)67-35-31-55(83-67)45-53(49-77)79-3/h19-22,25-40,43-48H,5-18,23-24,41-42H2,1-2H3/b53-45-,54-46+. The van der Waals surface area contributed by atoms with E-state index in [9.17, 15) is 10.5 Å². The van der Waals surface area contributed by atoms with E-state index in [0.717, 1.165) is 55.2 Å². The number of para-hydroxylation sites is 2. The zero-order valence-corrected chi connectivity index (χ0v) is 54.8. The molecule has 8 aromatic heterocycles. The summed E-state index contributed by atoms with van der Waals surface area (Å²) < 4.78 is 5.13. The Bertz CT molecular complexity index is 4660.